The molecule has 1 unspecified atom stereocenters. The standard InChI is InChI=1S/C39H68N2O5/c1-26(2)29-15-20-39(35(46)41-24-12-10-8-9-11-23-40-28(4)43)22-21-37(6)31(34(29)39)13-14-32-36(5,18-17-33(44)45)30(27(3)25-42)16-19-38(32,37)7/h26-27,29-32,34,42H,8-25H2,1-7H3,(H,40,43)(H,41,46)(H,44,45)/t27?,29-,30-,31+,32+,34+,36-,37+,38+,39-/m0/s1. The van der Waals surface area contributed by atoms with Crippen LogP contribution in [-0.4, -0.2) is 47.7 Å². The van der Waals surface area contributed by atoms with Gasteiger partial charge in [-0.1, -0.05) is 60.8 Å². The topological polar surface area (TPSA) is 116 Å². The molecule has 4 fully saturated rings. The van der Waals surface area contributed by atoms with Crippen LogP contribution in [0, 0.1) is 63.1 Å². The molecule has 0 aliphatic heterocycles. The molecule has 2 amide bonds. The lowest BCUT2D eigenvalue weighted by Gasteiger charge is -2.71. The Kier molecular flexibility index (Phi) is 12.0. The molecule has 46 heavy (non-hydrogen) atoms. The molecule has 0 heterocycles. The second-order valence-electron chi connectivity index (χ2n) is 17.4. The minimum atomic E-state index is -0.718. The van der Waals surface area contributed by atoms with Crippen LogP contribution in [0.5, 0.6) is 0 Å². The van der Waals surface area contributed by atoms with Crippen LogP contribution in [0.25, 0.3) is 0 Å². The first-order valence-corrected chi connectivity index (χ1v) is 19.0. The van der Waals surface area contributed by atoms with Crippen LogP contribution < -0.4 is 10.6 Å². The average Bonchev–Trinajstić information content (AvgIpc) is 3.40. The first-order chi connectivity index (χ1) is 21.7. The Morgan fingerprint density at radius 1 is 0.804 bits per heavy atom. The Hall–Kier alpha value is -1.63. The van der Waals surface area contributed by atoms with Crippen molar-refractivity contribution in [1.82, 2.24) is 10.6 Å². The van der Waals surface area contributed by atoms with Crippen molar-refractivity contribution in [1.29, 1.82) is 0 Å². The number of hydrogen-bond acceptors (Lipinski definition) is 4. The summed E-state index contributed by atoms with van der Waals surface area (Å²) in [6.45, 7) is 17.6. The van der Waals surface area contributed by atoms with E-state index in [9.17, 15) is 24.6 Å². The Bertz CT molecular complexity index is 1080. The Balaban J connectivity index is 1.52. The number of hydrogen-bond donors (Lipinski definition) is 4. The molecule has 4 N–H and O–H groups in total. The Labute approximate surface area is 280 Å². The van der Waals surface area contributed by atoms with E-state index in [0.29, 0.717) is 47.8 Å². The third-order valence-electron chi connectivity index (χ3n) is 15.0. The number of aliphatic hydroxyl groups is 1. The molecule has 0 bridgehead atoms. The SMILES string of the molecule is CC(=O)NCCCCCCCNC(=O)[C@]12CC[C@@H](C(C)C)[C@@H]1[C@H]1CC[C@@H]3[C@@](C)(CCC(=O)O)[C@H](C(C)CO)CC[C@@]3(C)[C@]1(C)CC2. The second kappa shape index (κ2) is 14.9. The number of aliphatic carboxylic acids is 1. The number of rotatable bonds is 15. The number of carbonyl (C=O) groups excluding carboxylic acids is 2. The molecular formula is C39H68N2O5. The summed E-state index contributed by atoms with van der Waals surface area (Å²) < 4.78 is 0. The van der Waals surface area contributed by atoms with Gasteiger partial charge in [0.05, 0.1) is 5.41 Å². The summed E-state index contributed by atoms with van der Waals surface area (Å²) in [7, 11) is 0. The number of amides is 2. The van der Waals surface area contributed by atoms with Crippen LogP contribution in [-0.2, 0) is 14.4 Å². The van der Waals surface area contributed by atoms with E-state index in [1.807, 2.05) is 0 Å². The van der Waals surface area contributed by atoms with Crippen LogP contribution in [0.4, 0.5) is 0 Å². The van der Waals surface area contributed by atoms with Crippen molar-refractivity contribution in [3.8, 4) is 0 Å². The summed E-state index contributed by atoms with van der Waals surface area (Å²) in [5, 5.41) is 26.3. The molecule has 264 valence electrons. The van der Waals surface area contributed by atoms with Crippen LogP contribution in [0.15, 0.2) is 0 Å². The number of carboxylic acids is 1. The first-order valence-electron chi connectivity index (χ1n) is 19.0. The molecule has 7 nitrogen and oxygen atoms in total. The highest BCUT2D eigenvalue weighted by Crippen LogP contribution is 2.76. The van der Waals surface area contributed by atoms with Gasteiger partial charge in [0.15, 0.2) is 0 Å². The second-order valence-corrected chi connectivity index (χ2v) is 17.4. The minimum absolute atomic E-state index is 0.0338. The smallest absolute Gasteiger partial charge is 0.303 e. The molecule has 0 spiro atoms. The molecule has 4 rings (SSSR count). The normalized spacial score (nSPS) is 39.2. The van der Waals surface area contributed by atoms with Gasteiger partial charge in [0.25, 0.3) is 0 Å². The molecule has 0 radical (unpaired) electrons. The highest BCUT2D eigenvalue weighted by molar-refractivity contribution is 5.83. The van der Waals surface area contributed by atoms with Gasteiger partial charge in [0.1, 0.15) is 0 Å². The predicted octanol–water partition coefficient (Wildman–Crippen LogP) is 7.60. The van der Waals surface area contributed by atoms with E-state index >= 15 is 0 Å². The number of aliphatic hydroxyl groups excluding tert-OH is 1. The van der Waals surface area contributed by atoms with Crippen molar-refractivity contribution >= 4 is 17.8 Å². The average molecular weight is 645 g/mol. The lowest BCUT2D eigenvalue weighted by atomic mass is 9.33. The van der Waals surface area contributed by atoms with Gasteiger partial charge in [-0.05, 0) is 128 Å². The Morgan fingerprint density at radius 3 is 2.07 bits per heavy atom. The largest absolute Gasteiger partial charge is 0.481 e. The third kappa shape index (κ3) is 6.79. The Morgan fingerprint density at radius 2 is 1.46 bits per heavy atom. The lowest BCUT2D eigenvalue weighted by molar-refractivity contribution is -0.226. The highest BCUT2D eigenvalue weighted by Gasteiger charge is 2.70. The summed E-state index contributed by atoms with van der Waals surface area (Å²) in [6, 6.07) is 0. The van der Waals surface area contributed by atoms with E-state index in [4.69, 9.17) is 0 Å². The maximum atomic E-state index is 14.3. The number of carboxylic acid groups (broad SMARTS) is 1. The fraction of sp³-hybridized carbons (Fsp3) is 0.923. The molecule has 4 aliphatic rings. The summed E-state index contributed by atoms with van der Waals surface area (Å²) in [5.74, 6) is 2.56. The van der Waals surface area contributed by atoms with E-state index in [0.717, 1.165) is 96.6 Å². The monoisotopic (exact) mass is 645 g/mol. The molecular weight excluding hydrogens is 576 g/mol. The zero-order valence-electron chi connectivity index (χ0n) is 30.4. The summed E-state index contributed by atoms with van der Waals surface area (Å²) in [6.07, 6.45) is 14.8. The van der Waals surface area contributed by atoms with Crippen LogP contribution in [0.1, 0.15) is 145 Å². The van der Waals surface area contributed by atoms with Crippen molar-refractivity contribution in [3.63, 3.8) is 0 Å². The van der Waals surface area contributed by atoms with Crippen molar-refractivity contribution < 1.29 is 24.6 Å². The fourth-order valence-electron chi connectivity index (χ4n) is 12.4. The first kappa shape index (κ1) is 37.2. The zero-order chi connectivity index (χ0) is 33.9. The molecule has 10 atom stereocenters. The number of fused-ring (bicyclic) bond motifs is 5. The van der Waals surface area contributed by atoms with Gasteiger partial charge in [-0.2, -0.15) is 0 Å². The van der Waals surface area contributed by atoms with E-state index in [1.165, 1.54) is 0 Å². The van der Waals surface area contributed by atoms with E-state index < -0.39 is 5.97 Å². The van der Waals surface area contributed by atoms with Crippen LogP contribution in [0.3, 0.4) is 0 Å². The summed E-state index contributed by atoms with van der Waals surface area (Å²) in [4.78, 5) is 37.3. The lowest BCUT2D eigenvalue weighted by Crippen LogP contribution is -2.65. The maximum absolute atomic E-state index is 14.3. The van der Waals surface area contributed by atoms with E-state index in [-0.39, 0.29) is 46.5 Å². The molecule has 0 aromatic heterocycles. The van der Waals surface area contributed by atoms with E-state index in [1.54, 1.807) is 6.92 Å². The van der Waals surface area contributed by atoms with E-state index in [2.05, 4.69) is 52.2 Å². The van der Waals surface area contributed by atoms with Crippen molar-refractivity contribution in [2.75, 3.05) is 19.7 Å². The minimum Gasteiger partial charge on any atom is -0.481 e. The summed E-state index contributed by atoms with van der Waals surface area (Å²) in [5.41, 5.74) is -0.196. The highest BCUT2D eigenvalue weighted by atomic mass is 16.4. The van der Waals surface area contributed by atoms with Gasteiger partial charge in [0, 0.05) is 33.0 Å². The van der Waals surface area contributed by atoms with Crippen molar-refractivity contribution in [3.05, 3.63) is 0 Å². The quantitative estimate of drug-likeness (QED) is 0.137. The van der Waals surface area contributed by atoms with Crippen molar-refractivity contribution in [2.24, 2.45) is 63.1 Å². The molecule has 4 aliphatic carbocycles. The number of unbranched alkanes of at least 4 members (excludes halogenated alkanes) is 4. The fourth-order valence-corrected chi connectivity index (χ4v) is 12.4. The van der Waals surface area contributed by atoms with Crippen LogP contribution in [0.2, 0.25) is 0 Å². The number of carbonyl (C=O) groups is 3. The third-order valence-corrected chi connectivity index (χ3v) is 15.0. The maximum Gasteiger partial charge on any atom is 0.303 e. The number of nitrogens with one attached hydrogen (secondary N) is 2. The molecule has 0 saturated heterocycles. The zero-order valence-corrected chi connectivity index (χ0v) is 30.4. The van der Waals surface area contributed by atoms with Gasteiger partial charge >= 0.3 is 5.97 Å². The van der Waals surface area contributed by atoms with Gasteiger partial charge in [-0.3, -0.25) is 14.4 Å². The van der Waals surface area contributed by atoms with Gasteiger partial charge in [0.2, 0.25) is 11.8 Å². The van der Waals surface area contributed by atoms with Gasteiger partial charge in [-0.25, -0.2) is 0 Å². The van der Waals surface area contributed by atoms with Gasteiger partial charge < -0.3 is 20.8 Å². The summed E-state index contributed by atoms with van der Waals surface area (Å²) >= 11 is 0. The van der Waals surface area contributed by atoms with Crippen molar-refractivity contribution in [2.45, 2.75) is 145 Å². The van der Waals surface area contributed by atoms with Gasteiger partial charge in [-0.15, -0.1) is 0 Å². The predicted molar refractivity (Wildman–Crippen MR) is 184 cm³/mol. The molecule has 0 aromatic carbocycles. The molecule has 4 saturated carbocycles. The molecule has 0 aromatic rings. The van der Waals surface area contributed by atoms with Crippen LogP contribution >= 0.6 is 0 Å². The molecule has 7 heteroatoms.